The van der Waals surface area contributed by atoms with Gasteiger partial charge in [0.2, 0.25) is 10.0 Å². The molecule has 0 saturated carbocycles. The average molecular weight is 312 g/mol. The quantitative estimate of drug-likeness (QED) is 0.812. The third-order valence-corrected chi connectivity index (χ3v) is 4.93. The third kappa shape index (κ3) is 3.22. The van der Waals surface area contributed by atoms with Gasteiger partial charge < -0.3 is 11.1 Å². The van der Waals surface area contributed by atoms with Gasteiger partial charge in [0.1, 0.15) is 0 Å². The molecule has 1 aromatic heterocycles. The summed E-state index contributed by atoms with van der Waals surface area (Å²) in [4.78, 5) is 4.11. The van der Waals surface area contributed by atoms with E-state index in [1.54, 1.807) is 12.1 Å². The maximum absolute atomic E-state index is 14.0. The average Bonchev–Trinajstić information content (AvgIpc) is 2.42. The van der Waals surface area contributed by atoms with Crippen LogP contribution in [0.3, 0.4) is 0 Å². The molecule has 0 spiro atoms. The fraction of sp³-hybridized carbons (Fsp3) is 0.308. The lowest BCUT2D eigenvalue weighted by atomic mass is 10.1. The van der Waals surface area contributed by atoms with Gasteiger partial charge in [-0.1, -0.05) is 0 Å². The Balaban J connectivity index is 2.27. The molecule has 1 heterocycles. The monoisotopic (exact) mass is 312 g/mol. The molecule has 0 aliphatic heterocycles. The number of benzene rings is 1. The maximum Gasteiger partial charge on any atom is 0.215 e. The van der Waals surface area contributed by atoms with Gasteiger partial charge in [-0.15, -0.1) is 0 Å². The highest BCUT2D eigenvalue weighted by Gasteiger charge is 2.15. The van der Waals surface area contributed by atoms with E-state index in [0.717, 1.165) is 4.31 Å². The second kappa shape index (κ2) is 5.82. The van der Waals surface area contributed by atoms with E-state index in [4.69, 9.17) is 5.73 Å². The standard InChI is InChI=1S/C13H17FN4O2S/c1-18(2)21(19,20)7-6-17-13-10(14)8-11(15)9-4-3-5-16-12(9)13/h3-5,8,17H,6-7,15H2,1-2H3. The Hall–Kier alpha value is -1.93. The normalized spacial score (nSPS) is 12.0. The lowest BCUT2D eigenvalue weighted by molar-refractivity contribution is 0.521. The van der Waals surface area contributed by atoms with Gasteiger partial charge in [-0.05, 0) is 18.2 Å². The summed E-state index contributed by atoms with van der Waals surface area (Å²) in [6, 6.07) is 4.64. The summed E-state index contributed by atoms with van der Waals surface area (Å²) < 4.78 is 38.5. The van der Waals surface area contributed by atoms with Crippen LogP contribution in [0.4, 0.5) is 15.8 Å². The minimum absolute atomic E-state index is 0.0764. The minimum Gasteiger partial charge on any atom is -0.398 e. The number of rotatable bonds is 5. The number of sulfonamides is 1. The molecule has 0 aliphatic rings. The fourth-order valence-corrected chi connectivity index (χ4v) is 2.62. The Morgan fingerprint density at radius 1 is 1.43 bits per heavy atom. The Labute approximate surface area is 122 Å². The molecule has 21 heavy (non-hydrogen) atoms. The van der Waals surface area contributed by atoms with Crippen molar-refractivity contribution in [2.75, 3.05) is 37.4 Å². The van der Waals surface area contributed by atoms with Crippen LogP contribution in [0.1, 0.15) is 0 Å². The van der Waals surface area contributed by atoms with Gasteiger partial charge in [0, 0.05) is 37.9 Å². The number of hydrogen-bond acceptors (Lipinski definition) is 5. The van der Waals surface area contributed by atoms with Crippen molar-refractivity contribution >= 4 is 32.3 Å². The Bertz CT molecular complexity index is 762. The van der Waals surface area contributed by atoms with Crippen LogP contribution in [0.5, 0.6) is 0 Å². The van der Waals surface area contributed by atoms with Crippen LogP contribution in [0, 0.1) is 5.82 Å². The largest absolute Gasteiger partial charge is 0.398 e. The van der Waals surface area contributed by atoms with Crippen molar-refractivity contribution in [1.82, 2.24) is 9.29 Å². The third-order valence-electron chi connectivity index (χ3n) is 3.09. The van der Waals surface area contributed by atoms with Gasteiger partial charge in [-0.25, -0.2) is 17.1 Å². The molecule has 0 amide bonds. The molecular weight excluding hydrogens is 295 g/mol. The van der Waals surface area contributed by atoms with E-state index in [1.807, 2.05) is 0 Å². The van der Waals surface area contributed by atoms with Crippen molar-refractivity contribution in [2.45, 2.75) is 0 Å². The van der Waals surface area contributed by atoms with Crippen molar-refractivity contribution < 1.29 is 12.8 Å². The predicted octanol–water partition coefficient (Wildman–Crippen LogP) is 1.26. The van der Waals surface area contributed by atoms with Crippen LogP contribution >= 0.6 is 0 Å². The zero-order chi connectivity index (χ0) is 15.6. The molecule has 114 valence electrons. The molecule has 0 radical (unpaired) electrons. The first-order valence-electron chi connectivity index (χ1n) is 6.29. The second-order valence-electron chi connectivity index (χ2n) is 4.75. The number of aromatic nitrogens is 1. The van der Waals surface area contributed by atoms with Crippen molar-refractivity contribution in [3.63, 3.8) is 0 Å². The second-order valence-corrected chi connectivity index (χ2v) is 7.05. The number of hydrogen-bond donors (Lipinski definition) is 2. The molecule has 0 fully saturated rings. The summed E-state index contributed by atoms with van der Waals surface area (Å²) in [5, 5.41) is 3.42. The summed E-state index contributed by atoms with van der Waals surface area (Å²) in [7, 11) is -0.430. The lowest BCUT2D eigenvalue weighted by Crippen LogP contribution is -2.28. The molecule has 0 aliphatic carbocycles. The first-order valence-corrected chi connectivity index (χ1v) is 7.90. The molecule has 1 aromatic carbocycles. The van der Waals surface area contributed by atoms with E-state index in [-0.39, 0.29) is 18.0 Å². The topological polar surface area (TPSA) is 88.3 Å². The van der Waals surface area contributed by atoms with Gasteiger partial charge in [0.05, 0.1) is 17.0 Å². The number of nitrogen functional groups attached to an aromatic ring is 1. The molecule has 8 heteroatoms. The molecular formula is C13H17FN4O2S. The molecule has 0 saturated heterocycles. The van der Waals surface area contributed by atoms with Crippen LogP contribution in [-0.2, 0) is 10.0 Å². The van der Waals surface area contributed by atoms with Crippen molar-refractivity contribution in [3.8, 4) is 0 Å². The van der Waals surface area contributed by atoms with Gasteiger partial charge in [-0.3, -0.25) is 4.98 Å². The van der Waals surface area contributed by atoms with Crippen LogP contribution in [0.15, 0.2) is 24.4 Å². The van der Waals surface area contributed by atoms with E-state index >= 15 is 0 Å². The zero-order valence-corrected chi connectivity index (χ0v) is 12.6. The van der Waals surface area contributed by atoms with Gasteiger partial charge in [0.25, 0.3) is 0 Å². The van der Waals surface area contributed by atoms with E-state index in [9.17, 15) is 12.8 Å². The van der Waals surface area contributed by atoms with Crippen molar-refractivity contribution in [3.05, 3.63) is 30.2 Å². The van der Waals surface area contributed by atoms with Crippen LogP contribution in [-0.4, -0.2) is 44.1 Å². The highest BCUT2D eigenvalue weighted by molar-refractivity contribution is 7.89. The summed E-state index contributed by atoms with van der Waals surface area (Å²) in [6.45, 7) is 0.0764. The molecule has 2 rings (SSSR count). The van der Waals surface area contributed by atoms with E-state index in [0.29, 0.717) is 16.6 Å². The number of fused-ring (bicyclic) bond motifs is 1. The maximum atomic E-state index is 14.0. The van der Waals surface area contributed by atoms with E-state index < -0.39 is 15.8 Å². The first kappa shape index (κ1) is 15.5. The minimum atomic E-state index is -3.34. The highest BCUT2D eigenvalue weighted by atomic mass is 32.2. The highest BCUT2D eigenvalue weighted by Crippen LogP contribution is 2.29. The zero-order valence-electron chi connectivity index (χ0n) is 11.8. The number of halogens is 1. The number of pyridine rings is 1. The smallest absolute Gasteiger partial charge is 0.215 e. The van der Waals surface area contributed by atoms with E-state index in [1.165, 1.54) is 26.4 Å². The number of nitrogens with two attached hydrogens (primary N) is 1. The molecule has 0 atom stereocenters. The Morgan fingerprint density at radius 3 is 2.81 bits per heavy atom. The van der Waals surface area contributed by atoms with E-state index in [2.05, 4.69) is 10.3 Å². The van der Waals surface area contributed by atoms with Crippen molar-refractivity contribution in [2.24, 2.45) is 0 Å². The van der Waals surface area contributed by atoms with Gasteiger partial charge in [-0.2, -0.15) is 0 Å². The number of nitrogens with zero attached hydrogens (tertiary/aromatic N) is 2. The Morgan fingerprint density at radius 2 is 2.14 bits per heavy atom. The molecule has 0 bridgehead atoms. The number of anilines is 2. The van der Waals surface area contributed by atoms with Crippen molar-refractivity contribution in [1.29, 1.82) is 0 Å². The summed E-state index contributed by atoms with van der Waals surface area (Å²) in [5.74, 6) is -0.695. The van der Waals surface area contributed by atoms with Crippen LogP contribution in [0.25, 0.3) is 10.9 Å². The number of nitrogens with one attached hydrogen (secondary N) is 1. The summed E-state index contributed by atoms with van der Waals surface area (Å²) in [5.41, 5.74) is 6.59. The molecule has 3 N–H and O–H groups in total. The lowest BCUT2D eigenvalue weighted by Gasteiger charge is -2.14. The predicted molar refractivity (Wildman–Crippen MR) is 82.1 cm³/mol. The summed E-state index contributed by atoms with van der Waals surface area (Å²) in [6.07, 6.45) is 1.53. The summed E-state index contributed by atoms with van der Waals surface area (Å²) >= 11 is 0. The molecule has 2 aromatic rings. The Kier molecular flexibility index (Phi) is 4.29. The SMILES string of the molecule is CN(C)S(=O)(=O)CCNc1c(F)cc(N)c2cccnc12. The molecule has 0 unspecified atom stereocenters. The van der Waals surface area contributed by atoms with Gasteiger partial charge in [0.15, 0.2) is 5.82 Å². The molecule has 6 nitrogen and oxygen atoms in total. The van der Waals surface area contributed by atoms with Gasteiger partial charge >= 0.3 is 0 Å². The van der Waals surface area contributed by atoms with Crippen LogP contribution in [0.2, 0.25) is 0 Å². The fourth-order valence-electron chi connectivity index (χ4n) is 1.89. The first-order chi connectivity index (χ1) is 9.83. The van der Waals surface area contributed by atoms with Crippen LogP contribution < -0.4 is 11.1 Å².